The number of aryl methyl sites for hydroxylation is 1. The van der Waals surface area contributed by atoms with E-state index in [1.54, 1.807) is 0 Å². The van der Waals surface area contributed by atoms with Gasteiger partial charge in [-0.2, -0.15) is 0 Å². The molecule has 1 unspecified atom stereocenters. The molecule has 2 aromatic rings. The third-order valence-corrected chi connectivity index (χ3v) is 3.78. The van der Waals surface area contributed by atoms with E-state index in [1.165, 1.54) is 22.3 Å². The van der Waals surface area contributed by atoms with Crippen molar-refractivity contribution in [2.45, 2.75) is 45.6 Å². The lowest BCUT2D eigenvalue weighted by molar-refractivity contribution is 0.589. The first-order chi connectivity index (χ1) is 9.36. The van der Waals surface area contributed by atoms with Gasteiger partial charge in [0.25, 0.3) is 0 Å². The van der Waals surface area contributed by atoms with Gasteiger partial charge in [-0.1, -0.05) is 74.9 Å². The Bertz CT molecular complexity index is 544. The Kier molecular flexibility index (Phi) is 4.29. The molecule has 0 radical (unpaired) electrons. The Balaban J connectivity index is 2.08. The summed E-state index contributed by atoms with van der Waals surface area (Å²) in [4.78, 5) is 0. The molecule has 2 rings (SSSR count). The van der Waals surface area contributed by atoms with Crippen LogP contribution in [0.25, 0.3) is 0 Å². The van der Waals surface area contributed by atoms with Crippen molar-refractivity contribution in [3.05, 3.63) is 70.8 Å². The lowest BCUT2D eigenvalue weighted by Crippen LogP contribution is -2.14. The second-order valence-corrected chi connectivity index (χ2v) is 6.67. The fourth-order valence-corrected chi connectivity index (χ4v) is 2.33. The Hall–Kier alpha value is -1.60. The number of hydrogen-bond acceptors (Lipinski definition) is 1. The maximum atomic E-state index is 6.30. The molecule has 1 heteroatoms. The average molecular weight is 267 g/mol. The first-order valence-corrected chi connectivity index (χ1v) is 7.28. The molecule has 2 aromatic carbocycles. The first-order valence-electron chi connectivity index (χ1n) is 7.28. The third kappa shape index (κ3) is 3.71. The number of nitrogens with two attached hydrogens (primary N) is 1. The predicted molar refractivity (Wildman–Crippen MR) is 87.0 cm³/mol. The zero-order valence-corrected chi connectivity index (χ0v) is 13.0. The minimum absolute atomic E-state index is 0.0658. The van der Waals surface area contributed by atoms with Gasteiger partial charge in [0, 0.05) is 6.04 Å². The molecule has 0 aromatic heterocycles. The van der Waals surface area contributed by atoms with Crippen LogP contribution in [-0.4, -0.2) is 0 Å². The van der Waals surface area contributed by atoms with Gasteiger partial charge in [0.15, 0.2) is 0 Å². The van der Waals surface area contributed by atoms with Gasteiger partial charge < -0.3 is 5.73 Å². The van der Waals surface area contributed by atoms with Crippen molar-refractivity contribution in [3.8, 4) is 0 Å². The van der Waals surface area contributed by atoms with Crippen molar-refractivity contribution in [1.29, 1.82) is 0 Å². The minimum atomic E-state index is 0.0658. The van der Waals surface area contributed by atoms with E-state index in [9.17, 15) is 0 Å². The van der Waals surface area contributed by atoms with Gasteiger partial charge in [-0.15, -0.1) is 0 Å². The molecule has 0 amide bonds. The summed E-state index contributed by atoms with van der Waals surface area (Å²) in [5, 5.41) is 0. The van der Waals surface area contributed by atoms with E-state index in [2.05, 4.69) is 76.2 Å². The highest BCUT2D eigenvalue weighted by Gasteiger charge is 2.13. The molecule has 1 atom stereocenters. The van der Waals surface area contributed by atoms with Crippen molar-refractivity contribution in [1.82, 2.24) is 0 Å². The number of benzene rings is 2. The molecule has 0 aliphatic carbocycles. The van der Waals surface area contributed by atoms with Crippen molar-refractivity contribution < 1.29 is 0 Å². The van der Waals surface area contributed by atoms with Crippen molar-refractivity contribution in [2.75, 3.05) is 0 Å². The van der Waals surface area contributed by atoms with Gasteiger partial charge in [-0.3, -0.25) is 0 Å². The summed E-state index contributed by atoms with van der Waals surface area (Å²) >= 11 is 0. The lowest BCUT2D eigenvalue weighted by Gasteiger charge is -2.19. The largest absolute Gasteiger partial charge is 0.324 e. The van der Waals surface area contributed by atoms with Crippen LogP contribution in [0, 0.1) is 6.92 Å². The fraction of sp³-hybridized carbons (Fsp3) is 0.368. The Morgan fingerprint density at radius 3 is 1.95 bits per heavy atom. The molecule has 0 spiro atoms. The maximum Gasteiger partial charge on any atom is 0.0335 e. The van der Waals surface area contributed by atoms with Crippen LogP contribution < -0.4 is 5.73 Å². The van der Waals surface area contributed by atoms with Crippen LogP contribution in [-0.2, 0) is 11.8 Å². The summed E-state index contributed by atoms with van der Waals surface area (Å²) in [5.74, 6) is 0. The highest BCUT2D eigenvalue weighted by atomic mass is 14.6. The highest BCUT2D eigenvalue weighted by Crippen LogP contribution is 2.23. The molecule has 0 bridgehead atoms. The summed E-state index contributed by atoms with van der Waals surface area (Å²) in [5.41, 5.74) is 11.6. The first kappa shape index (κ1) is 14.8. The minimum Gasteiger partial charge on any atom is -0.324 e. The van der Waals surface area contributed by atoms with E-state index in [-0.39, 0.29) is 11.5 Å². The van der Waals surface area contributed by atoms with Crippen LogP contribution in [0.4, 0.5) is 0 Å². The number of hydrogen-bond donors (Lipinski definition) is 1. The Morgan fingerprint density at radius 2 is 1.45 bits per heavy atom. The molecule has 0 heterocycles. The summed E-state index contributed by atoms with van der Waals surface area (Å²) in [6.07, 6.45) is 0.882. The van der Waals surface area contributed by atoms with Crippen molar-refractivity contribution >= 4 is 0 Å². The molecule has 0 saturated heterocycles. The molecule has 0 saturated carbocycles. The van der Waals surface area contributed by atoms with Crippen LogP contribution in [0.15, 0.2) is 48.5 Å². The van der Waals surface area contributed by atoms with Gasteiger partial charge in [0.1, 0.15) is 0 Å². The normalized spacial score (nSPS) is 13.2. The SMILES string of the molecule is Cc1ccc(C(N)Cc2ccc(C(C)(C)C)cc2)cc1. The lowest BCUT2D eigenvalue weighted by atomic mass is 9.86. The molecular weight excluding hydrogens is 242 g/mol. The monoisotopic (exact) mass is 267 g/mol. The van der Waals surface area contributed by atoms with Crippen molar-refractivity contribution in [3.63, 3.8) is 0 Å². The average Bonchev–Trinajstić information content (AvgIpc) is 2.39. The van der Waals surface area contributed by atoms with Gasteiger partial charge in [0.05, 0.1) is 0 Å². The van der Waals surface area contributed by atoms with E-state index in [0.29, 0.717) is 0 Å². The zero-order valence-electron chi connectivity index (χ0n) is 13.0. The van der Waals surface area contributed by atoms with Crippen LogP contribution >= 0.6 is 0 Å². The van der Waals surface area contributed by atoms with Crippen LogP contribution in [0.2, 0.25) is 0 Å². The topological polar surface area (TPSA) is 26.0 Å². The van der Waals surface area contributed by atoms with Crippen LogP contribution in [0.3, 0.4) is 0 Å². The van der Waals surface area contributed by atoms with Gasteiger partial charge in [-0.25, -0.2) is 0 Å². The molecule has 0 fully saturated rings. The Labute approximate surface area is 122 Å². The highest BCUT2D eigenvalue weighted by molar-refractivity contribution is 5.30. The van der Waals surface area contributed by atoms with Gasteiger partial charge in [0.2, 0.25) is 0 Å². The van der Waals surface area contributed by atoms with Gasteiger partial charge in [-0.05, 0) is 35.4 Å². The second kappa shape index (κ2) is 5.80. The van der Waals surface area contributed by atoms with Crippen LogP contribution in [0.5, 0.6) is 0 Å². The second-order valence-electron chi connectivity index (χ2n) is 6.67. The van der Waals surface area contributed by atoms with Crippen LogP contribution in [0.1, 0.15) is 49.1 Å². The molecule has 0 aliphatic rings. The maximum absolute atomic E-state index is 6.30. The molecule has 20 heavy (non-hydrogen) atoms. The predicted octanol–water partition coefficient (Wildman–Crippen LogP) is 4.54. The molecular formula is C19H25N. The van der Waals surface area contributed by atoms with E-state index in [0.717, 1.165) is 6.42 Å². The van der Waals surface area contributed by atoms with E-state index < -0.39 is 0 Å². The van der Waals surface area contributed by atoms with Gasteiger partial charge >= 0.3 is 0 Å². The van der Waals surface area contributed by atoms with E-state index in [4.69, 9.17) is 5.73 Å². The summed E-state index contributed by atoms with van der Waals surface area (Å²) < 4.78 is 0. The molecule has 1 nitrogen and oxygen atoms in total. The quantitative estimate of drug-likeness (QED) is 0.868. The van der Waals surface area contributed by atoms with E-state index >= 15 is 0 Å². The third-order valence-electron chi connectivity index (χ3n) is 3.78. The van der Waals surface area contributed by atoms with Crippen molar-refractivity contribution in [2.24, 2.45) is 5.73 Å². The Morgan fingerprint density at radius 1 is 0.900 bits per heavy atom. The number of rotatable bonds is 3. The molecule has 106 valence electrons. The standard InChI is InChI=1S/C19H25N/c1-14-5-9-16(10-6-14)18(20)13-15-7-11-17(12-8-15)19(2,3)4/h5-12,18H,13,20H2,1-4H3. The van der Waals surface area contributed by atoms with E-state index in [1.807, 2.05) is 0 Å². The zero-order chi connectivity index (χ0) is 14.8. The fourth-order valence-electron chi connectivity index (χ4n) is 2.33. The summed E-state index contributed by atoms with van der Waals surface area (Å²) in [7, 11) is 0. The smallest absolute Gasteiger partial charge is 0.0335 e. The molecule has 2 N–H and O–H groups in total. The summed E-state index contributed by atoms with van der Waals surface area (Å²) in [6.45, 7) is 8.81. The summed E-state index contributed by atoms with van der Waals surface area (Å²) in [6, 6.07) is 17.4. The molecule has 0 aliphatic heterocycles.